The average Bonchev–Trinajstić information content (AvgIpc) is 3.02. The summed E-state index contributed by atoms with van der Waals surface area (Å²) in [6, 6.07) is 5.06. The van der Waals surface area contributed by atoms with Crippen LogP contribution in [-0.4, -0.2) is 10.9 Å². The first kappa shape index (κ1) is 14.9. The van der Waals surface area contributed by atoms with Gasteiger partial charge in [0, 0.05) is 20.7 Å². The number of aryl methyl sites for hydroxylation is 1. The second kappa shape index (κ2) is 5.29. The zero-order valence-electron chi connectivity index (χ0n) is 11.4. The molecule has 8 heteroatoms. The fourth-order valence-corrected chi connectivity index (χ4v) is 4.08. The molecule has 0 aliphatic rings. The maximum atomic E-state index is 13.1. The number of primary amides is 1. The summed E-state index contributed by atoms with van der Waals surface area (Å²) >= 11 is 2.40. The van der Waals surface area contributed by atoms with Crippen molar-refractivity contribution in [3.8, 4) is 10.4 Å². The van der Waals surface area contributed by atoms with Crippen LogP contribution in [0.5, 0.6) is 0 Å². The molecule has 1 amide bonds. The second-order valence-corrected chi connectivity index (χ2v) is 6.98. The van der Waals surface area contributed by atoms with Crippen molar-refractivity contribution in [2.75, 3.05) is 5.73 Å². The molecule has 0 aliphatic carbocycles. The Bertz CT molecular complexity index is 886. The Labute approximate surface area is 132 Å². The van der Waals surface area contributed by atoms with Gasteiger partial charge in [-0.3, -0.25) is 4.79 Å². The van der Waals surface area contributed by atoms with E-state index in [0.717, 1.165) is 21.1 Å². The van der Waals surface area contributed by atoms with Gasteiger partial charge in [0.15, 0.2) is 0 Å². The third kappa shape index (κ3) is 2.34. The number of amides is 1. The van der Waals surface area contributed by atoms with Crippen LogP contribution in [0.1, 0.15) is 26.7 Å². The Balaban J connectivity index is 2.39. The lowest BCUT2D eigenvalue weighted by Gasteiger charge is -2.06. The van der Waals surface area contributed by atoms with Gasteiger partial charge < -0.3 is 11.5 Å². The number of pyridine rings is 1. The number of anilines is 1. The van der Waals surface area contributed by atoms with Gasteiger partial charge in [-0.05, 0) is 25.1 Å². The summed E-state index contributed by atoms with van der Waals surface area (Å²) in [6.45, 7) is 1.92. The summed E-state index contributed by atoms with van der Waals surface area (Å²) in [6.07, 6.45) is -2.70. The number of alkyl halides is 2. The van der Waals surface area contributed by atoms with E-state index in [4.69, 9.17) is 11.5 Å². The molecule has 22 heavy (non-hydrogen) atoms. The third-order valence-corrected chi connectivity index (χ3v) is 5.32. The molecule has 0 saturated heterocycles. The minimum absolute atomic E-state index is 0.142. The fraction of sp³-hybridized carbons (Fsp3) is 0.143. The van der Waals surface area contributed by atoms with Crippen LogP contribution >= 0.6 is 22.7 Å². The highest BCUT2D eigenvalue weighted by atomic mass is 32.1. The number of nitrogen functional groups attached to an aromatic ring is 1. The molecule has 0 bridgehead atoms. The molecule has 0 radical (unpaired) electrons. The number of nitrogens with zero attached hydrogens (tertiary/aromatic N) is 1. The molecule has 0 spiro atoms. The zero-order valence-corrected chi connectivity index (χ0v) is 13.0. The molecule has 0 fully saturated rings. The fourth-order valence-electron chi connectivity index (χ4n) is 2.21. The topological polar surface area (TPSA) is 82.0 Å². The number of rotatable bonds is 3. The summed E-state index contributed by atoms with van der Waals surface area (Å²) in [4.78, 5) is 17.6. The molecule has 4 nitrogen and oxygen atoms in total. The lowest BCUT2D eigenvalue weighted by Crippen LogP contribution is -2.10. The summed E-state index contributed by atoms with van der Waals surface area (Å²) in [7, 11) is 0. The van der Waals surface area contributed by atoms with Crippen LogP contribution in [0, 0.1) is 6.92 Å². The van der Waals surface area contributed by atoms with Crippen LogP contribution in [0.15, 0.2) is 18.2 Å². The third-order valence-electron chi connectivity index (χ3n) is 3.17. The lowest BCUT2D eigenvalue weighted by atomic mass is 10.1. The minimum Gasteiger partial charge on any atom is -0.397 e. The van der Waals surface area contributed by atoms with Crippen molar-refractivity contribution in [3.63, 3.8) is 0 Å². The van der Waals surface area contributed by atoms with E-state index in [9.17, 15) is 13.6 Å². The van der Waals surface area contributed by atoms with Crippen LogP contribution in [0.2, 0.25) is 0 Å². The number of thiophene rings is 2. The van der Waals surface area contributed by atoms with Crippen molar-refractivity contribution in [3.05, 3.63) is 33.6 Å². The van der Waals surface area contributed by atoms with Gasteiger partial charge in [-0.15, -0.1) is 22.7 Å². The molecule has 3 aromatic heterocycles. The van der Waals surface area contributed by atoms with E-state index in [0.29, 0.717) is 15.8 Å². The molecular weight excluding hydrogens is 328 g/mol. The van der Waals surface area contributed by atoms with Crippen molar-refractivity contribution in [2.45, 2.75) is 13.3 Å². The number of hydrogen-bond acceptors (Lipinski definition) is 5. The second-order valence-electron chi connectivity index (χ2n) is 4.69. The van der Waals surface area contributed by atoms with Gasteiger partial charge in [-0.1, -0.05) is 0 Å². The van der Waals surface area contributed by atoms with E-state index in [1.807, 2.05) is 19.1 Å². The first-order chi connectivity index (χ1) is 10.4. The molecule has 114 valence electrons. The van der Waals surface area contributed by atoms with E-state index in [2.05, 4.69) is 4.98 Å². The highest BCUT2D eigenvalue weighted by molar-refractivity contribution is 7.21. The Morgan fingerprint density at radius 3 is 2.59 bits per heavy atom. The van der Waals surface area contributed by atoms with Gasteiger partial charge in [0.05, 0.1) is 5.69 Å². The van der Waals surface area contributed by atoms with Crippen molar-refractivity contribution < 1.29 is 13.6 Å². The predicted molar refractivity (Wildman–Crippen MR) is 85.6 cm³/mol. The number of fused-ring (bicyclic) bond motifs is 1. The molecular formula is C14H11F2N3OS2. The molecule has 0 aliphatic heterocycles. The molecule has 4 N–H and O–H groups in total. The molecule has 3 rings (SSSR count). The first-order valence-corrected chi connectivity index (χ1v) is 7.89. The summed E-state index contributed by atoms with van der Waals surface area (Å²) < 4.78 is 26.2. The maximum Gasteiger partial charge on any atom is 0.280 e. The normalized spacial score (nSPS) is 11.5. The van der Waals surface area contributed by atoms with E-state index in [1.54, 1.807) is 0 Å². The quantitative estimate of drug-likeness (QED) is 0.758. The summed E-state index contributed by atoms with van der Waals surface area (Å²) in [5, 5.41) is 0.505. The SMILES string of the molecule is Cc1ccc(-c2cc(C(F)F)nc3sc(C(N)=O)c(N)c23)s1. The Kier molecular flexibility index (Phi) is 3.57. The first-order valence-electron chi connectivity index (χ1n) is 6.26. The number of carbonyl (C=O) groups is 1. The Hall–Kier alpha value is -2.06. The summed E-state index contributed by atoms with van der Waals surface area (Å²) in [5.41, 5.74) is 11.7. The summed E-state index contributed by atoms with van der Waals surface area (Å²) in [5.74, 6) is -0.688. The van der Waals surface area contributed by atoms with Crippen LogP contribution in [0.4, 0.5) is 14.5 Å². The number of halogens is 2. The lowest BCUT2D eigenvalue weighted by molar-refractivity contribution is 0.100. The number of carbonyl (C=O) groups excluding carboxylic acids is 1. The van der Waals surface area contributed by atoms with Crippen LogP contribution < -0.4 is 11.5 Å². The van der Waals surface area contributed by atoms with Gasteiger partial charge >= 0.3 is 0 Å². The monoisotopic (exact) mass is 339 g/mol. The van der Waals surface area contributed by atoms with Crippen molar-refractivity contribution in [2.24, 2.45) is 5.73 Å². The zero-order chi connectivity index (χ0) is 16.0. The van der Waals surface area contributed by atoms with E-state index in [1.165, 1.54) is 17.4 Å². The van der Waals surface area contributed by atoms with Crippen LogP contribution in [0.3, 0.4) is 0 Å². The standard InChI is InChI=1S/C14H11F2N3OS2/c1-5-2-3-8(21-5)6-4-7(12(15)16)19-14-9(6)10(17)11(22-14)13(18)20/h2-4,12H,17H2,1H3,(H2,18,20). The maximum absolute atomic E-state index is 13.1. The van der Waals surface area contributed by atoms with E-state index >= 15 is 0 Å². The van der Waals surface area contributed by atoms with Gasteiger partial charge in [0.2, 0.25) is 0 Å². The highest BCUT2D eigenvalue weighted by Crippen LogP contribution is 2.42. The largest absolute Gasteiger partial charge is 0.397 e. The molecule has 0 saturated carbocycles. The molecule has 3 aromatic rings. The van der Waals surface area contributed by atoms with Crippen LogP contribution in [0.25, 0.3) is 20.7 Å². The average molecular weight is 339 g/mol. The highest BCUT2D eigenvalue weighted by Gasteiger charge is 2.22. The van der Waals surface area contributed by atoms with Crippen molar-refractivity contribution >= 4 is 44.5 Å². The smallest absolute Gasteiger partial charge is 0.280 e. The Morgan fingerprint density at radius 2 is 2.05 bits per heavy atom. The molecule has 0 unspecified atom stereocenters. The Morgan fingerprint density at radius 1 is 1.32 bits per heavy atom. The number of aromatic nitrogens is 1. The van der Waals surface area contributed by atoms with Gasteiger partial charge in [-0.2, -0.15) is 0 Å². The number of nitrogens with two attached hydrogens (primary N) is 2. The number of hydrogen-bond donors (Lipinski definition) is 2. The van der Waals surface area contributed by atoms with Gasteiger partial charge in [0.1, 0.15) is 15.4 Å². The van der Waals surface area contributed by atoms with E-state index < -0.39 is 12.3 Å². The van der Waals surface area contributed by atoms with Crippen molar-refractivity contribution in [1.82, 2.24) is 4.98 Å². The predicted octanol–water partition coefficient (Wildman–Crippen LogP) is 3.95. The van der Waals surface area contributed by atoms with Gasteiger partial charge in [-0.25, -0.2) is 13.8 Å². The molecule has 0 atom stereocenters. The molecule has 3 heterocycles. The molecule has 0 aromatic carbocycles. The van der Waals surface area contributed by atoms with Crippen molar-refractivity contribution in [1.29, 1.82) is 0 Å². The van der Waals surface area contributed by atoms with E-state index in [-0.39, 0.29) is 16.3 Å². The van der Waals surface area contributed by atoms with Crippen LogP contribution in [-0.2, 0) is 0 Å². The van der Waals surface area contributed by atoms with Gasteiger partial charge in [0.25, 0.3) is 12.3 Å². The minimum atomic E-state index is -2.70.